The van der Waals surface area contributed by atoms with Crippen LogP contribution in [0.25, 0.3) is 11.1 Å². The third-order valence-corrected chi connectivity index (χ3v) is 5.72. The number of nitrogens with one attached hydrogen (secondary N) is 1. The minimum absolute atomic E-state index is 0.0232. The quantitative estimate of drug-likeness (QED) is 0.385. The number of amides is 1. The van der Waals surface area contributed by atoms with Crippen LogP contribution in [0, 0.1) is 28.6 Å². The Morgan fingerprint density at radius 2 is 1.67 bits per heavy atom. The van der Waals surface area contributed by atoms with Crippen molar-refractivity contribution < 1.29 is 18.0 Å². The van der Waals surface area contributed by atoms with Crippen LogP contribution in [0.1, 0.15) is 37.0 Å². The summed E-state index contributed by atoms with van der Waals surface area (Å²) in [4.78, 5) is 14.9. The molecule has 1 atom stereocenters. The first-order valence-electron chi connectivity index (χ1n) is 11.4. The molecule has 3 rings (SSSR count). The average molecular weight is 491 g/mol. The Morgan fingerprint density at radius 3 is 2.28 bits per heavy atom. The maximum Gasteiger partial charge on any atom is 0.417 e. The molecular formula is C28H25F3N4O. The molecule has 3 aromatic carbocycles. The highest BCUT2D eigenvalue weighted by Crippen LogP contribution is 2.34. The van der Waals surface area contributed by atoms with Crippen LogP contribution in [0.5, 0.6) is 0 Å². The number of nitriles is 2. The van der Waals surface area contributed by atoms with Crippen molar-refractivity contribution in [3.05, 3.63) is 83.4 Å². The molecule has 0 fully saturated rings. The van der Waals surface area contributed by atoms with Gasteiger partial charge < -0.3 is 10.2 Å². The molecule has 0 saturated carbocycles. The zero-order chi connectivity index (χ0) is 26.3. The number of anilines is 2. The Morgan fingerprint density at radius 1 is 1.00 bits per heavy atom. The summed E-state index contributed by atoms with van der Waals surface area (Å²) in [6, 6.07) is 21.9. The van der Waals surface area contributed by atoms with Crippen LogP contribution in [-0.4, -0.2) is 19.0 Å². The molecule has 0 saturated heterocycles. The van der Waals surface area contributed by atoms with Crippen molar-refractivity contribution in [1.82, 2.24) is 0 Å². The Balaban J connectivity index is 1.82. The van der Waals surface area contributed by atoms with E-state index in [-0.39, 0.29) is 5.69 Å². The van der Waals surface area contributed by atoms with Crippen LogP contribution in [-0.2, 0) is 11.0 Å². The van der Waals surface area contributed by atoms with Gasteiger partial charge in [0.15, 0.2) is 0 Å². The molecule has 1 amide bonds. The highest BCUT2D eigenvalue weighted by atomic mass is 19.4. The van der Waals surface area contributed by atoms with Gasteiger partial charge in [-0.1, -0.05) is 44.2 Å². The lowest BCUT2D eigenvalue weighted by Gasteiger charge is -2.28. The maximum atomic E-state index is 13.3. The molecule has 0 spiro atoms. The minimum Gasteiger partial charge on any atom is -0.371 e. The predicted molar refractivity (Wildman–Crippen MR) is 133 cm³/mol. The molecule has 1 N–H and O–H groups in total. The molecule has 0 aromatic heterocycles. The number of carbonyl (C=O) groups excluding carboxylic acids is 1. The van der Waals surface area contributed by atoms with Gasteiger partial charge in [-0.25, -0.2) is 0 Å². The molecule has 0 bridgehead atoms. The van der Waals surface area contributed by atoms with E-state index in [1.54, 1.807) is 13.0 Å². The van der Waals surface area contributed by atoms with Gasteiger partial charge in [-0.05, 0) is 48.4 Å². The molecule has 0 aliphatic carbocycles. The SMILES string of the molecule is CCCN(CC(C)C(=O)Nc1ccc(C#N)c(C(F)(F)F)c1)c1ccc(C#N)c(-c2ccccc2)c1. The zero-order valence-corrected chi connectivity index (χ0v) is 19.9. The van der Waals surface area contributed by atoms with Crippen molar-refractivity contribution in [2.45, 2.75) is 26.4 Å². The highest BCUT2D eigenvalue weighted by Gasteiger charge is 2.34. The van der Waals surface area contributed by atoms with E-state index in [1.807, 2.05) is 54.3 Å². The largest absolute Gasteiger partial charge is 0.417 e. The predicted octanol–water partition coefficient (Wildman–Crippen LogP) is 6.61. The summed E-state index contributed by atoms with van der Waals surface area (Å²) in [6.45, 7) is 4.68. The van der Waals surface area contributed by atoms with E-state index < -0.39 is 29.1 Å². The number of nitrogens with zero attached hydrogens (tertiary/aromatic N) is 3. The third-order valence-electron chi connectivity index (χ3n) is 5.72. The first-order valence-corrected chi connectivity index (χ1v) is 11.4. The van der Waals surface area contributed by atoms with E-state index >= 15 is 0 Å². The second-order valence-electron chi connectivity index (χ2n) is 8.41. The molecular weight excluding hydrogens is 465 g/mol. The molecule has 0 aliphatic rings. The molecule has 3 aromatic rings. The number of halogens is 3. The van der Waals surface area contributed by atoms with Crippen LogP contribution in [0.4, 0.5) is 24.5 Å². The summed E-state index contributed by atoms with van der Waals surface area (Å²) in [5.74, 6) is -0.997. The molecule has 0 radical (unpaired) electrons. The number of rotatable bonds is 8. The topological polar surface area (TPSA) is 79.9 Å². The fourth-order valence-electron chi connectivity index (χ4n) is 3.91. The summed E-state index contributed by atoms with van der Waals surface area (Å²) < 4.78 is 39.8. The van der Waals surface area contributed by atoms with Crippen molar-refractivity contribution >= 4 is 17.3 Å². The second kappa shape index (κ2) is 11.4. The third kappa shape index (κ3) is 6.22. The number of benzene rings is 3. The van der Waals surface area contributed by atoms with Crippen LogP contribution in [0.3, 0.4) is 0 Å². The normalized spacial score (nSPS) is 11.8. The van der Waals surface area contributed by atoms with Gasteiger partial charge in [0.2, 0.25) is 5.91 Å². The molecule has 0 heterocycles. The lowest BCUT2D eigenvalue weighted by molar-refractivity contribution is -0.137. The van der Waals surface area contributed by atoms with Crippen LogP contribution in [0.15, 0.2) is 66.7 Å². The summed E-state index contributed by atoms with van der Waals surface area (Å²) >= 11 is 0. The van der Waals surface area contributed by atoms with Crippen LogP contribution >= 0.6 is 0 Å². The van der Waals surface area contributed by atoms with E-state index in [4.69, 9.17) is 5.26 Å². The summed E-state index contributed by atoms with van der Waals surface area (Å²) in [5, 5.41) is 21.1. The number of hydrogen-bond acceptors (Lipinski definition) is 4. The lowest BCUT2D eigenvalue weighted by atomic mass is 9.99. The van der Waals surface area contributed by atoms with E-state index in [1.165, 1.54) is 12.1 Å². The molecule has 1 unspecified atom stereocenters. The van der Waals surface area contributed by atoms with Crippen LogP contribution in [0.2, 0.25) is 0 Å². The van der Waals surface area contributed by atoms with E-state index in [0.29, 0.717) is 18.7 Å². The Bertz CT molecular complexity index is 1310. The number of carbonyl (C=O) groups is 1. The van der Waals surface area contributed by atoms with Crippen molar-refractivity contribution in [1.29, 1.82) is 10.5 Å². The van der Waals surface area contributed by atoms with Gasteiger partial charge in [-0.15, -0.1) is 0 Å². The standard InChI is InChI=1S/C28H25F3N4O/c1-3-13-35(24-12-10-21(16-32)25(15-24)20-7-5-4-6-8-20)18-19(2)27(36)34-23-11-9-22(17-33)26(14-23)28(29,30)31/h4-12,14-15,19H,3,13,18H2,1-2H3,(H,34,36). The van der Waals surface area contributed by atoms with Gasteiger partial charge in [-0.2, -0.15) is 23.7 Å². The highest BCUT2D eigenvalue weighted by molar-refractivity contribution is 5.93. The second-order valence-corrected chi connectivity index (χ2v) is 8.41. The van der Waals surface area contributed by atoms with E-state index in [9.17, 15) is 23.2 Å². The molecule has 184 valence electrons. The molecule has 5 nitrogen and oxygen atoms in total. The lowest BCUT2D eigenvalue weighted by Crippen LogP contribution is -2.35. The molecule has 0 aliphatic heterocycles. The van der Waals surface area contributed by atoms with Crippen molar-refractivity contribution in [2.24, 2.45) is 5.92 Å². The van der Waals surface area contributed by atoms with Crippen molar-refractivity contribution in [3.63, 3.8) is 0 Å². The van der Waals surface area contributed by atoms with E-state index in [2.05, 4.69) is 11.4 Å². The van der Waals surface area contributed by atoms with Gasteiger partial charge in [0, 0.05) is 30.0 Å². The average Bonchev–Trinajstić information content (AvgIpc) is 2.88. The molecule has 8 heteroatoms. The van der Waals surface area contributed by atoms with Gasteiger partial charge >= 0.3 is 6.18 Å². The number of hydrogen-bond donors (Lipinski definition) is 1. The van der Waals surface area contributed by atoms with Crippen LogP contribution < -0.4 is 10.2 Å². The number of alkyl halides is 3. The summed E-state index contributed by atoms with van der Waals surface area (Å²) in [6.07, 6.45) is -3.90. The Labute approximate surface area is 208 Å². The monoisotopic (exact) mass is 490 g/mol. The first-order chi connectivity index (χ1) is 17.2. The zero-order valence-electron chi connectivity index (χ0n) is 19.9. The van der Waals surface area contributed by atoms with Gasteiger partial charge in [0.25, 0.3) is 0 Å². The fourth-order valence-corrected chi connectivity index (χ4v) is 3.91. The van der Waals surface area contributed by atoms with E-state index in [0.717, 1.165) is 35.4 Å². The minimum atomic E-state index is -4.71. The fraction of sp³-hybridized carbons (Fsp3) is 0.250. The van der Waals surface area contributed by atoms with Crippen molar-refractivity contribution in [2.75, 3.05) is 23.3 Å². The smallest absolute Gasteiger partial charge is 0.371 e. The van der Waals surface area contributed by atoms with Gasteiger partial charge in [0.05, 0.1) is 34.7 Å². The summed E-state index contributed by atoms with van der Waals surface area (Å²) in [7, 11) is 0. The van der Waals surface area contributed by atoms with Gasteiger partial charge in [0.1, 0.15) is 0 Å². The first kappa shape index (κ1) is 26.3. The van der Waals surface area contributed by atoms with Gasteiger partial charge in [-0.3, -0.25) is 4.79 Å². The Hall–Kier alpha value is -4.30. The summed E-state index contributed by atoms with van der Waals surface area (Å²) in [5.41, 5.74) is 1.45. The molecule has 36 heavy (non-hydrogen) atoms. The van der Waals surface area contributed by atoms with Crippen molar-refractivity contribution in [3.8, 4) is 23.3 Å². The Kier molecular flexibility index (Phi) is 8.34. The maximum absolute atomic E-state index is 13.3.